The van der Waals surface area contributed by atoms with Gasteiger partial charge in [-0.3, -0.25) is 9.69 Å². The van der Waals surface area contributed by atoms with E-state index in [2.05, 4.69) is 32.1 Å². The van der Waals surface area contributed by atoms with Crippen LogP contribution >= 0.6 is 11.6 Å². The fourth-order valence-electron chi connectivity index (χ4n) is 4.27. The smallest absolute Gasteiger partial charge is 0.283 e. The van der Waals surface area contributed by atoms with Gasteiger partial charge in [-0.15, -0.1) is 0 Å². The molecule has 0 unspecified atom stereocenters. The van der Waals surface area contributed by atoms with Crippen LogP contribution in [0.2, 0.25) is 5.02 Å². The van der Waals surface area contributed by atoms with Crippen LogP contribution in [-0.2, 0) is 16.1 Å². The third-order valence-corrected chi connectivity index (χ3v) is 6.80. The van der Waals surface area contributed by atoms with E-state index < -0.39 is 11.7 Å². The van der Waals surface area contributed by atoms with Crippen LogP contribution in [0.4, 0.5) is 26.0 Å². The number of aromatic nitrogens is 2. The molecule has 1 amide bonds. The van der Waals surface area contributed by atoms with Crippen molar-refractivity contribution in [2.45, 2.75) is 6.61 Å². The lowest BCUT2D eigenvalue weighted by Gasteiger charge is -2.26. The first-order valence-electron chi connectivity index (χ1n) is 13.2. The minimum atomic E-state index is -1.13. The summed E-state index contributed by atoms with van der Waals surface area (Å²) in [6.45, 7) is 7.24. The molecule has 2 heterocycles. The fourth-order valence-corrected chi connectivity index (χ4v) is 4.51. The minimum absolute atomic E-state index is 0.222. The Bertz CT molecular complexity index is 1580. The second-order valence-corrected chi connectivity index (χ2v) is 9.84. The minimum Gasteiger partial charge on any atom is -0.490 e. The molecule has 9 nitrogen and oxygen atoms in total. The molecule has 12 heteroatoms. The maximum absolute atomic E-state index is 13.6. The molecule has 0 radical (unpaired) electrons. The van der Waals surface area contributed by atoms with Crippen molar-refractivity contribution < 1.29 is 27.8 Å². The molecule has 1 fully saturated rings. The van der Waals surface area contributed by atoms with Crippen LogP contribution in [-0.4, -0.2) is 60.2 Å². The van der Waals surface area contributed by atoms with Crippen LogP contribution < -0.4 is 20.1 Å². The van der Waals surface area contributed by atoms with Crippen molar-refractivity contribution in [2.75, 3.05) is 50.1 Å². The third-order valence-electron chi connectivity index (χ3n) is 6.50. The lowest BCUT2D eigenvalue weighted by molar-refractivity contribution is -0.114. The number of hydrogen-bond acceptors (Lipinski definition) is 8. The molecule has 42 heavy (non-hydrogen) atoms. The number of hydrogen-bond donors (Lipinski definition) is 2. The summed E-state index contributed by atoms with van der Waals surface area (Å²) >= 11 is 6.47. The number of carbonyl (C=O) groups is 1. The van der Waals surface area contributed by atoms with Gasteiger partial charge in [0.15, 0.2) is 5.83 Å². The normalized spacial score (nSPS) is 13.5. The topological polar surface area (TPSA) is 97.8 Å². The first-order valence-corrected chi connectivity index (χ1v) is 13.5. The van der Waals surface area contributed by atoms with Gasteiger partial charge >= 0.3 is 0 Å². The van der Waals surface area contributed by atoms with E-state index in [1.807, 2.05) is 0 Å². The largest absolute Gasteiger partial charge is 0.490 e. The first kappa shape index (κ1) is 29.2. The van der Waals surface area contributed by atoms with Crippen LogP contribution in [0.15, 0.2) is 73.3 Å². The van der Waals surface area contributed by atoms with Gasteiger partial charge in [0.1, 0.15) is 42.7 Å². The Morgan fingerprint density at radius 3 is 2.57 bits per heavy atom. The van der Waals surface area contributed by atoms with Crippen molar-refractivity contribution in [3.63, 3.8) is 0 Å². The Morgan fingerprint density at radius 1 is 1.05 bits per heavy atom. The number of nitrogens with one attached hydrogen (secondary N) is 2. The second-order valence-electron chi connectivity index (χ2n) is 9.43. The highest BCUT2D eigenvalue weighted by Crippen LogP contribution is 2.35. The Morgan fingerprint density at radius 2 is 1.83 bits per heavy atom. The number of rotatable bonds is 11. The summed E-state index contributed by atoms with van der Waals surface area (Å²) in [6, 6.07) is 14.4. The molecule has 0 aliphatic carbocycles. The molecule has 2 N–H and O–H groups in total. The van der Waals surface area contributed by atoms with E-state index in [1.165, 1.54) is 18.5 Å². The maximum Gasteiger partial charge on any atom is 0.283 e. The zero-order chi connectivity index (χ0) is 29.5. The van der Waals surface area contributed by atoms with Gasteiger partial charge in [0, 0.05) is 36.8 Å². The van der Waals surface area contributed by atoms with E-state index >= 15 is 0 Å². The summed E-state index contributed by atoms with van der Waals surface area (Å²) in [4.78, 5) is 23.1. The van der Waals surface area contributed by atoms with E-state index in [0.29, 0.717) is 65.3 Å². The SMILES string of the molecule is C=C(F)C(=O)Nc1cc2c(Nc3ccc(OCc4ccc(F)cc4)c(Cl)c3)ncnc2cc1OCCN1CCOCC1. The van der Waals surface area contributed by atoms with Crippen LogP contribution in [0.5, 0.6) is 11.5 Å². The van der Waals surface area contributed by atoms with E-state index in [1.54, 1.807) is 42.5 Å². The number of morpholine rings is 1. The van der Waals surface area contributed by atoms with Crippen molar-refractivity contribution in [2.24, 2.45) is 0 Å². The van der Waals surface area contributed by atoms with Crippen molar-refractivity contribution in [1.29, 1.82) is 0 Å². The van der Waals surface area contributed by atoms with Crippen molar-refractivity contribution >= 4 is 45.6 Å². The summed E-state index contributed by atoms with van der Waals surface area (Å²) in [5.74, 6) is -1.23. The van der Waals surface area contributed by atoms with Gasteiger partial charge in [-0.25, -0.2) is 18.7 Å². The highest BCUT2D eigenvalue weighted by molar-refractivity contribution is 6.32. The molecule has 3 aromatic carbocycles. The quantitative estimate of drug-likeness (QED) is 0.208. The van der Waals surface area contributed by atoms with Crippen LogP contribution in [0.1, 0.15) is 5.56 Å². The highest BCUT2D eigenvalue weighted by Gasteiger charge is 2.17. The fraction of sp³-hybridized carbons (Fsp3) is 0.233. The molecule has 1 aliphatic heterocycles. The molecule has 1 aromatic heterocycles. The summed E-state index contributed by atoms with van der Waals surface area (Å²) in [5.41, 5.74) is 2.19. The average Bonchev–Trinajstić information content (AvgIpc) is 2.98. The van der Waals surface area contributed by atoms with Gasteiger partial charge in [-0.05, 0) is 42.0 Å². The van der Waals surface area contributed by atoms with Crippen LogP contribution in [0.25, 0.3) is 10.9 Å². The number of nitrogens with zero attached hydrogens (tertiary/aromatic N) is 3. The van der Waals surface area contributed by atoms with Gasteiger partial charge in [0.05, 0.1) is 29.4 Å². The van der Waals surface area contributed by atoms with Gasteiger partial charge in [0.2, 0.25) is 0 Å². The number of halogens is 3. The summed E-state index contributed by atoms with van der Waals surface area (Å²) in [6.07, 6.45) is 1.39. The number of carbonyl (C=O) groups excluding carboxylic acids is 1. The molecule has 0 spiro atoms. The molecule has 218 valence electrons. The number of fused-ring (bicyclic) bond motifs is 1. The zero-order valence-corrected chi connectivity index (χ0v) is 23.3. The predicted octanol–water partition coefficient (Wildman–Crippen LogP) is 5.88. The van der Waals surface area contributed by atoms with Gasteiger partial charge in [-0.2, -0.15) is 0 Å². The highest BCUT2D eigenvalue weighted by atomic mass is 35.5. The van der Waals surface area contributed by atoms with Crippen molar-refractivity contribution in [1.82, 2.24) is 14.9 Å². The first-order chi connectivity index (χ1) is 20.4. The van der Waals surface area contributed by atoms with Gasteiger partial charge < -0.3 is 24.8 Å². The Kier molecular flexibility index (Phi) is 9.42. The monoisotopic (exact) mass is 595 g/mol. The van der Waals surface area contributed by atoms with Crippen molar-refractivity contribution in [3.05, 3.63) is 89.7 Å². The number of amides is 1. The number of benzene rings is 3. The molecule has 1 aliphatic rings. The summed E-state index contributed by atoms with van der Waals surface area (Å²) in [5, 5.41) is 6.62. The van der Waals surface area contributed by atoms with E-state index in [4.69, 9.17) is 25.8 Å². The Labute approximate surface area is 246 Å². The second kappa shape index (κ2) is 13.6. The molecule has 0 atom stereocenters. The van der Waals surface area contributed by atoms with Crippen LogP contribution in [0.3, 0.4) is 0 Å². The summed E-state index contributed by atoms with van der Waals surface area (Å²) < 4.78 is 43.9. The number of ether oxygens (including phenoxy) is 3. The summed E-state index contributed by atoms with van der Waals surface area (Å²) in [7, 11) is 0. The molecule has 0 bridgehead atoms. The van der Waals surface area contributed by atoms with Gasteiger partial charge in [0.25, 0.3) is 5.91 Å². The maximum atomic E-state index is 13.6. The molecule has 4 aromatic rings. The lowest BCUT2D eigenvalue weighted by Crippen LogP contribution is -2.38. The Balaban J connectivity index is 1.34. The molecular weight excluding hydrogens is 568 g/mol. The van der Waals surface area contributed by atoms with E-state index in [9.17, 15) is 13.6 Å². The lowest BCUT2D eigenvalue weighted by atomic mass is 10.1. The van der Waals surface area contributed by atoms with E-state index in [0.717, 1.165) is 18.7 Å². The standard InChI is InChI=1S/C30H28ClF2N5O4/c1-19(32)30(39)37-26-15-23-25(16-28(26)41-13-10-38-8-11-40-12-9-38)34-18-35-29(23)36-22-6-7-27(24(31)14-22)42-17-20-2-4-21(33)5-3-20/h2-7,14-16,18H,1,8-13,17H2,(H,37,39)(H,34,35,36). The molecular formula is C30H28ClF2N5O4. The molecule has 5 rings (SSSR count). The zero-order valence-electron chi connectivity index (χ0n) is 22.5. The average molecular weight is 596 g/mol. The molecule has 0 saturated carbocycles. The third kappa shape index (κ3) is 7.49. The van der Waals surface area contributed by atoms with Crippen molar-refractivity contribution in [3.8, 4) is 11.5 Å². The van der Waals surface area contributed by atoms with Crippen LogP contribution in [0, 0.1) is 5.82 Å². The van der Waals surface area contributed by atoms with E-state index in [-0.39, 0.29) is 18.1 Å². The van der Waals surface area contributed by atoms with Gasteiger partial charge in [-0.1, -0.05) is 30.3 Å². The number of anilines is 3. The molecule has 1 saturated heterocycles. The predicted molar refractivity (Wildman–Crippen MR) is 157 cm³/mol. The Hall–Kier alpha value is -4.32.